The minimum Gasteiger partial charge on any atom is -0.385 e. The molecule has 0 unspecified atom stereocenters. The maximum atomic E-state index is 13.7. The van der Waals surface area contributed by atoms with Gasteiger partial charge in [0.25, 0.3) is 0 Å². The van der Waals surface area contributed by atoms with E-state index in [0.717, 1.165) is 13.0 Å². The molecular formula is C13H15BrFN3O. The fourth-order valence-electron chi connectivity index (χ4n) is 1.70. The number of nitrogens with one attached hydrogen (secondary N) is 1. The van der Waals surface area contributed by atoms with Crippen LogP contribution in [0.15, 0.2) is 35.1 Å². The van der Waals surface area contributed by atoms with Crippen molar-refractivity contribution < 1.29 is 9.13 Å². The number of benzene rings is 1. The van der Waals surface area contributed by atoms with E-state index in [1.165, 1.54) is 6.07 Å². The first-order valence-electron chi connectivity index (χ1n) is 5.93. The van der Waals surface area contributed by atoms with Gasteiger partial charge < -0.3 is 14.6 Å². The van der Waals surface area contributed by atoms with E-state index in [1.54, 1.807) is 25.4 Å². The van der Waals surface area contributed by atoms with Crippen molar-refractivity contribution in [1.29, 1.82) is 0 Å². The van der Waals surface area contributed by atoms with Gasteiger partial charge in [0, 0.05) is 37.1 Å². The number of nitrogens with zero attached hydrogens (tertiary/aromatic N) is 2. The van der Waals surface area contributed by atoms with Crippen LogP contribution in [-0.4, -0.2) is 23.3 Å². The molecule has 0 atom stereocenters. The molecule has 102 valence electrons. The van der Waals surface area contributed by atoms with E-state index in [0.29, 0.717) is 22.7 Å². The van der Waals surface area contributed by atoms with Gasteiger partial charge in [0.15, 0.2) is 0 Å². The summed E-state index contributed by atoms with van der Waals surface area (Å²) in [7, 11) is 1.67. The molecule has 0 spiro atoms. The highest BCUT2D eigenvalue weighted by Crippen LogP contribution is 2.22. The van der Waals surface area contributed by atoms with Crippen LogP contribution >= 0.6 is 15.9 Å². The molecule has 4 nitrogen and oxygen atoms in total. The first-order chi connectivity index (χ1) is 9.20. The van der Waals surface area contributed by atoms with Crippen molar-refractivity contribution in [3.63, 3.8) is 0 Å². The third-order valence-electron chi connectivity index (χ3n) is 2.64. The van der Waals surface area contributed by atoms with E-state index in [4.69, 9.17) is 4.74 Å². The number of hydrogen-bond donors (Lipinski definition) is 1. The maximum absolute atomic E-state index is 13.7. The Labute approximate surface area is 119 Å². The van der Waals surface area contributed by atoms with E-state index in [2.05, 4.69) is 26.2 Å². The first-order valence-corrected chi connectivity index (χ1v) is 6.72. The van der Waals surface area contributed by atoms with Crippen LogP contribution in [0.1, 0.15) is 6.42 Å². The Morgan fingerprint density at radius 1 is 1.47 bits per heavy atom. The third kappa shape index (κ3) is 3.78. The number of methoxy groups -OCH3 is 1. The lowest BCUT2D eigenvalue weighted by Gasteiger charge is -2.10. The fraction of sp³-hybridized carbons (Fsp3) is 0.308. The molecule has 1 N–H and O–H groups in total. The smallest absolute Gasteiger partial charge is 0.207 e. The highest BCUT2D eigenvalue weighted by Gasteiger charge is 2.07. The summed E-state index contributed by atoms with van der Waals surface area (Å²) in [4.78, 5) is 4.19. The van der Waals surface area contributed by atoms with Crippen LogP contribution in [0.3, 0.4) is 0 Å². The Morgan fingerprint density at radius 2 is 2.32 bits per heavy atom. The van der Waals surface area contributed by atoms with Crippen molar-refractivity contribution in [2.45, 2.75) is 13.0 Å². The van der Waals surface area contributed by atoms with Crippen LogP contribution in [0, 0.1) is 5.82 Å². The van der Waals surface area contributed by atoms with E-state index in [1.807, 2.05) is 10.8 Å². The van der Waals surface area contributed by atoms with Crippen LogP contribution in [-0.2, 0) is 11.3 Å². The van der Waals surface area contributed by atoms with Crippen LogP contribution in [0.2, 0.25) is 0 Å². The van der Waals surface area contributed by atoms with Gasteiger partial charge in [-0.3, -0.25) is 0 Å². The minimum absolute atomic E-state index is 0.319. The summed E-state index contributed by atoms with van der Waals surface area (Å²) in [6.45, 7) is 1.46. The highest BCUT2D eigenvalue weighted by atomic mass is 79.9. The van der Waals surface area contributed by atoms with Crippen molar-refractivity contribution in [3.05, 3.63) is 40.9 Å². The summed E-state index contributed by atoms with van der Waals surface area (Å²) >= 11 is 3.23. The summed E-state index contributed by atoms with van der Waals surface area (Å²) in [5.74, 6) is 0.304. The average molecular weight is 328 g/mol. The predicted octanol–water partition coefficient (Wildman–Crippen LogP) is 3.56. The zero-order valence-corrected chi connectivity index (χ0v) is 12.2. The summed E-state index contributed by atoms with van der Waals surface area (Å²) < 4.78 is 21.4. The van der Waals surface area contributed by atoms with Crippen LogP contribution in [0.4, 0.5) is 16.0 Å². The Hall–Kier alpha value is -1.40. The van der Waals surface area contributed by atoms with Gasteiger partial charge in [0.05, 0.1) is 5.69 Å². The molecule has 1 aromatic heterocycles. The molecule has 2 rings (SSSR count). The molecule has 0 saturated carbocycles. The summed E-state index contributed by atoms with van der Waals surface area (Å²) in [5.41, 5.74) is 0.405. The molecule has 0 aliphatic carbocycles. The van der Waals surface area contributed by atoms with Crippen molar-refractivity contribution in [2.24, 2.45) is 0 Å². The molecular weight excluding hydrogens is 313 g/mol. The number of halogens is 2. The number of rotatable bonds is 6. The molecule has 1 aromatic carbocycles. The lowest BCUT2D eigenvalue weighted by molar-refractivity contribution is 0.190. The summed E-state index contributed by atoms with van der Waals surface area (Å²) in [6.07, 6.45) is 4.42. The largest absolute Gasteiger partial charge is 0.385 e. The van der Waals surface area contributed by atoms with E-state index in [9.17, 15) is 4.39 Å². The predicted molar refractivity (Wildman–Crippen MR) is 76.1 cm³/mol. The maximum Gasteiger partial charge on any atom is 0.207 e. The number of hydrogen-bond acceptors (Lipinski definition) is 3. The van der Waals surface area contributed by atoms with Gasteiger partial charge in [-0.05, 0) is 24.6 Å². The second-order valence-electron chi connectivity index (χ2n) is 4.04. The summed E-state index contributed by atoms with van der Waals surface area (Å²) in [5, 5.41) is 2.99. The number of anilines is 2. The molecule has 0 saturated heterocycles. The van der Waals surface area contributed by atoms with E-state index < -0.39 is 0 Å². The topological polar surface area (TPSA) is 39.1 Å². The molecule has 0 radical (unpaired) electrons. The molecule has 1 heterocycles. The number of ether oxygens (including phenoxy) is 1. The zero-order chi connectivity index (χ0) is 13.7. The van der Waals surface area contributed by atoms with Gasteiger partial charge in [-0.25, -0.2) is 9.37 Å². The zero-order valence-electron chi connectivity index (χ0n) is 10.6. The minimum atomic E-state index is -0.319. The monoisotopic (exact) mass is 327 g/mol. The van der Waals surface area contributed by atoms with Crippen LogP contribution in [0.25, 0.3) is 0 Å². The molecule has 2 aromatic rings. The van der Waals surface area contributed by atoms with E-state index in [-0.39, 0.29) is 5.82 Å². The van der Waals surface area contributed by atoms with Crippen molar-refractivity contribution in [1.82, 2.24) is 9.55 Å². The van der Waals surface area contributed by atoms with Gasteiger partial charge in [0.2, 0.25) is 5.95 Å². The fourth-order valence-corrected chi connectivity index (χ4v) is 2.04. The van der Waals surface area contributed by atoms with Gasteiger partial charge in [-0.1, -0.05) is 15.9 Å². The average Bonchev–Trinajstić information content (AvgIpc) is 2.81. The van der Waals surface area contributed by atoms with Crippen molar-refractivity contribution in [2.75, 3.05) is 19.0 Å². The second-order valence-corrected chi connectivity index (χ2v) is 4.96. The number of aromatic nitrogens is 2. The molecule has 0 amide bonds. The van der Waals surface area contributed by atoms with Gasteiger partial charge in [-0.2, -0.15) is 0 Å². The Kier molecular flexibility index (Phi) is 4.93. The van der Waals surface area contributed by atoms with Gasteiger partial charge in [0.1, 0.15) is 5.82 Å². The first kappa shape index (κ1) is 14.0. The lowest BCUT2D eigenvalue weighted by Crippen LogP contribution is -2.06. The van der Waals surface area contributed by atoms with Gasteiger partial charge in [-0.15, -0.1) is 0 Å². The lowest BCUT2D eigenvalue weighted by atomic mass is 10.3. The standard InChI is InChI=1S/C13H15BrFN3O/c1-19-8-2-6-18-7-5-16-13(18)17-12-4-3-10(14)9-11(12)15/h3-5,7,9H,2,6,8H2,1H3,(H,16,17). The number of aryl methyl sites for hydroxylation is 1. The second kappa shape index (κ2) is 6.68. The molecule has 0 bridgehead atoms. The molecule has 6 heteroatoms. The molecule has 0 fully saturated rings. The van der Waals surface area contributed by atoms with E-state index >= 15 is 0 Å². The third-order valence-corrected chi connectivity index (χ3v) is 3.13. The molecule has 19 heavy (non-hydrogen) atoms. The Balaban J connectivity index is 2.08. The normalized spacial score (nSPS) is 10.7. The highest BCUT2D eigenvalue weighted by molar-refractivity contribution is 9.10. The quantitative estimate of drug-likeness (QED) is 0.824. The SMILES string of the molecule is COCCCn1ccnc1Nc1ccc(Br)cc1F. The molecule has 0 aliphatic rings. The molecule has 0 aliphatic heterocycles. The Morgan fingerprint density at radius 3 is 3.05 bits per heavy atom. The van der Waals surface area contributed by atoms with Crippen LogP contribution in [0.5, 0.6) is 0 Å². The van der Waals surface area contributed by atoms with Crippen molar-refractivity contribution >= 4 is 27.6 Å². The summed E-state index contributed by atoms with van der Waals surface area (Å²) in [6, 6.07) is 4.87. The van der Waals surface area contributed by atoms with Crippen molar-refractivity contribution in [3.8, 4) is 0 Å². The number of imidazole rings is 1. The van der Waals surface area contributed by atoms with Crippen LogP contribution < -0.4 is 5.32 Å². The Bertz CT molecular complexity index is 544. The van der Waals surface area contributed by atoms with Gasteiger partial charge >= 0.3 is 0 Å².